The van der Waals surface area contributed by atoms with Crippen LogP contribution in [0.15, 0.2) is 0 Å². The third-order valence-electron chi connectivity index (χ3n) is 4.96. The summed E-state index contributed by atoms with van der Waals surface area (Å²) in [5, 5.41) is 0. The fourth-order valence-corrected chi connectivity index (χ4v) is 3.04. The second-order valence-electron chi connectivity index (χ2n) is 6.83. The van der Waals surface area contributed by atoms with Gasteiger partial charge in [-0.1, -0.05) is 73.6 Å². The predicted molar refractivity (Wildman–Crippen MR) is 83.8 cm³/mol. The molecule has 0 fully saturated rings. The van der Waals surface area contributed by atoms with Crippen LogP contribution < -0.4 is 5.73 Å². The largest absolute Gasteiger partial charge is 0.327 e. The molecule has 0 heterocycles. The molecule has 0 aliphatic heterocycles. The quantitative estimate of drug-likeness (QED) is 0.557. The minimum atomic E-state index is 0.312. The summed E-state index contributed by atoms with van der Waals surface area (Å²) in [4.78, 5) is 0. The van der Waals surface area contributed by atoms with Crippen molar-refractivity contribution >= 4 is 0 Å². The van der Waals surface area contributed by atoms with E-state index in [1.54, 1.807) is 0 Å². The van der Waals surface area contributed by atoms with E-state index in [1.807, 2.05) is 0 Å². The van der Waals surface area contributed by atoms with Crippen molar-refractivity contribution in [1.29, 1.82) is 0 Å². The van der Waals surface area contributed by atoms with Gasteiger partial charge in [-0.05, 0) is 30.1 Å². The molecule has 0 rings (SSSR count). The highest BCUT2D eigenvalue weighted by Crippen LogP contribution is 2.30. The Morgan fingerprint density at radius 3 is 2.06 bits per heavy atom. The van der Waals surface area contributed by atoms with Crippen LogP contribution in [-0.4, -0.2) is 6.04 Å². The Balaban J connectivity index is 4.02. The lowest BCUT2D eigenvalue weighted by molar-refractivity contribution is 0.233. The Hall–Kier alpha value is -0.0400. The molecule has 1 heteroatoms. The summed E-state index contributed by atoms with van der Waals surface area (Å²) >= 11 is 0. The Kier molecular flexibility index (Phi) is 8.94. The van der Waals surface area contributed by atoms with Crippen LogP contribution in [0.4, 0.5) is 0 Å². The molecule has 0 aliphatic carbocycles. The van der Waals surface area contributed by atoms with Gasteiger partial charge in [0.2, 0.25) is 0 Å². The van der Waals surface area contributed by atoms with Crippen molar-refractivity contribution < 1.29 is 0 Å². The van der Waals surface area contributed by atoms with Gasteiger partial charge in [0.05, 0.1) is 0 Å². The van der Waals surface area contributed by atoms with Crippen LogP contribution in [0.1, 0.15) is 86.5 Å². The minimum absolute atomic E-state index is 0.312. The van der Waals surface area contributed by atoms with Gasteiger partial charge < -0.3 is 5.73 Å². The number of hydrogen-bond donors (Lipinski definition) is 1. The molecule has 0 aromatic carbocycles. The van der Waals surface area contributed by atoms with E-state index in [0.29, 0.717) is 11.5 Å². The summed E-state index contributed by atoms with van der Waals surface area (Å²) in [6.07, 6.45) is 8.98. The van der Waals surface area contributed by atoms with Crippen LogP contribution in [0.3, 0.4) is 0 Å². The first-order chi connectivity index (χ1) is 8.38. The van der Waals surface area contributed by atoms with Crippen molar-refractivity contribution in [3.63, 3.8) is 0 Å². The van der Waals surface area contributed by atoms with Crippen molar-refractivity contribution in [2.45, 2.75) is 92.5 Å². The monoisotopic (exact) mass is 255 g/mol. The molecular formula is C17H37N. The lowest BCUT2D eigenvalue weighted by Gasteiger charge is -2.32. The molecule has 0 saturated heterocycles. The van der Waals surface area contributed by atoms with E-state index in [-0.39, 0.29) is 0 Å². The third kappa shape index (κ3) is 6.22. The summed E-state index contributed by atoms with van der Waals surface area (Å²) in [5.74, 6) is 1.77. The smallest absolute Gasteiger partial charge is 0.00902 e. The topological polar surface area (TPSA) is 26.0 Å². The molecule has 0 aromatic rings. The maximum absolute atomic E-state index is 6.37. The van der Waals surface area contributed by atoms with Crippen LogP contribution in [0.25, 0.3) is 0 Å². The second-order valence-corrected chi connectivity index (χ2v) is 6.83. The molecule has 0 aromatic heterocycles. The van der Waals surface area contributed by atoms with E-state index < -0.39 is 0 Å². The van der Waals surface area contributed by atoms with Crippen molar-refractivity contribution in [2.75, 3.05) is 0 Å². The summed E-state index contributed by atoms with van der Waals surface area (Å²) in [7, 11) is 0. The van der Waals surface area contributed by atoms with Gasteiger partial charge in [0.15, 0.2) is 0 Å². The molecule has 0 amide bonds. The predicted octanol–water partition coefficient (Wildman–Crippen LogP) is 5.38. The summed E-state index contributed by atoms with van der Waals surface area (Å²) in [6.45, 7) is 13.9. The molecule has 0 saturated carbocycles. The van der Waals surface area contributed by atoms with Crippen LogP contribution >= 0.6 is 0 Å². The zero-order valence-electron chi connectivity index (χ0n) is 13.8. The SMILES string of the molecule is CCCC(C)(C)C(N)CCCC(CC)C(C)CC. The molecule has 0 aliphatic rings. The third-order valence-corrected chi connectivity index (χ3v) is 4.96. The normalized spacial score (nSPS) is 17.5. The van der Waals surface area contributed by atoms with Gasteiger partial charge in [0.1, 0.15) is 0 Å². The zero-order chi connectivity index (χ0) is 14.2. The lowest BCUT2D eigenvalue weighted by atomic mass is 9.77. The highest BCUT2D eigenvalue weighted by molar-refractivity contribution is 4.81. The first kappa shape index (κ1) is 18.0. The average Bonchev–Trinajstić information content (AvgIpc) is 2.33. The fourth-order valence-electron chi connectivity index (χ4n) is 3.04. The Morgan fingerprint density at radius 1 is 1.00 bits per heavy atom. The van der Waals surface area contributed by atoms with Gasteiger partial charge in [0, 0.05) is 6.04 Å². The molecule has 0 spiro atoms. The molecular weight excluding hydrogens is 218 g/mol. The summed E-state index contributed by atoms with van der Waals surface area (Å²) < 4.78 is 0. The van der Waals surface area contributed by atoms with Crippen LogP contribution in [0, 0.1) is 17.3 Å². The van der Waals surface area contributed by atoms with E-state index in [9.17, 15) is 0 Å². The van der Waals surface area contributed by atoms with Gasteiger partial charge in [-0.15, -0.1) is 0 Å². The maximum Gasteiger partial charge on any atom is 0.00902 e. The second kappa shape index (κ2) is 8.96. The van der Waals surface area contributed by atoms with Gasteiger partial charge >= 0.3 is 0 Å². The molecule has 110 valence electrons. The fraction of sp³-hybridized carbons (Fsp3) is 1.00. The van der Waals surface area contributed by atoms with Crippen molar-refractivity contribution in [2.24, 2.45) is 23.0 Å². The molecule has 3 atom stereocenters. The van der Waals surface area contributed by atoms with Gasteiger partial charge in [0.25, 0.3) is 0 Å². The first-order valence-electron chi connectivity index (χ1n) is 8.14. The molecule has 2 N–H and O–H groups in total. The Morgan fingerprint density at radius 2 is 1.61 bits per heavy atom. The highest BCUT2D eigenvalue weighted by Gasteiger charge is 2.25. The van der Waals surface area contributed by atoms with E-state index in [1.165, 1.54) is 44.9 Å². The standard InChI is InChI=1S/C17H37N/c1-7-13-17(5,6)16(18)12-10-11-15(9-3)14(4)8-2/h14-16H,7-13,18H2,1-6H3. The van der Waals surface area contributed by atoms with Gasteiger partial charge in [-0.3, -0.25) is 0 Å². The first-order valence-corrected chi connectivity index (χ1v) is 8.14. The van der Waals surface area contributed by atoms with Crippen molar-refractivity contribution in [3.8, 4) is 0 Å². The Labute approximate surface area is 116 Å². The van der Waals surface area contributed by atoms with E-state index in [4.69, 9.17) is 5.73 Å². The molecule has 1 nitrogen and oxygen atoms in total. The molecule has 0 radical (unpaired) electrons. The highest BCUT2D eigenvalue weighted by atomic mass is 14.7. The number of rotatable bonds is 10. The summed E-state index contributed by atoms with van der Waals surface area (Å²) in [6, 6.07) is 0.367. The Bertz CT molecular complexity index is 198. The number of hydrogen-bond acceptors (Lipinski definition) is 1. The van der Waals surface area contributed by atoms with E-state index in [2.05, 4.69) is 41.5 Å². The molecule has 18 heavy (non-hydrogen) atoms. The molecule has 3 unspecified atom stereocenters. The van der Waals surface area contributed by atoms with E-state index in [0.717, 1.165) is 11.8 Å². The minimum Gasteiger partial charge on any atom is -0.327 e. The van der Waals surface area contributed by atoms with Crippen molar-refractivity contribution in [1.82, 2.24) is 0 Å². The van der Waals surface area contributed by atoms with Crippen LogP contribution in [0.5, 0.6) is 0 Å². The summed E-state index contributed by atoms with van der Waals surface area (Å²) in [5.41, 5.74) is 6.69. The van der Waals surface area contributed by atoms with E-state index >= 15 is 0 Å². The van der Waals surface area contributed by atoms with Gasteiger partial charge in [-0.25, -0.2) is 0 Å². The molecule has 0 bridgehead atoms. The zero-order valence-corrected chi connectivity index (χ0v) is 13.8. The lowest BCUT2D eigenvalue weighted by Crippen LogP contribution is -2.37. The number of nitrogens with two attached hydrogens (primary N) is 1. The van der Waals surface area contributed by atoms with Gasteiger partial charge in [-0.2, -0.15) is 0 Å². The van der Waals surface area contributed by atoms with Crippen molar-refractivity contribution in [3.05, 3.63) is 0 Å². The average molecular weight is 255 g/mol. The maximum atomic E-state index is 6.37. The van der Waals surface area contributed by atoms with Crippen LogP contribution in [-0.2, 0) is 0 Å². The van der Waals surface area contributed by atoms with Crippen LogP contribution in [0.2, 0.25) is 0 Å².